The van der Waals surface area contributed by atoms with Gasteiger partial charge in [-0.2, -0.15) is 0 Å². The molecule has 0 aromatic carbocycles. The Morgan fingerprint density at radius 3 is 2.61 bits per heavy atom. The number of hydrogen-bond acceptors (Lipinski definition) is 5. The van der Waals surface area contributed by atoms with Crippen LogP contribution in [-0.2, 0) is 0 Å². The number of aryl methyl sites for hydroxylation is 1. The number of carbonyl (C=O) groups is 1. The Morgan fingerprint density at radius 2 is 2.00 bits per heavy atom. The molecule has 0 fully saturated rings. The highest BCUT2D eigenvalue weighted by atomic mass is 35.5. The highest BCUT2D eigenvalue weighted by molar-refractivity contribution is 6.30. The van der Waals surface area contributed by atoms with Crippen LogP contribution >= 0.6 is 11.6 Å². The second-order valence-corrected chi connectivity index (χ2v) is 8.05. The van der Waals surface area contributed by atoms with Crippen molar-refractivity contribution in [1.82, 2.24) is 14.9 Å². The molecule has 7 heteroatoms. The van der Waals surface area contributed by atoms with Gasteiger partial charge in [0.2, 0.25) is 5.88 Å². The van der Waals surface area contributed by atoms with Gasteiger partial charge in [-0.3, -0.25) is 4.79 Å². The third-order valence-corrected chi connectivity index (χ3v) is 5.42. The minimum atomic E-state index is -0.183. The molecule has 0 saturated heterocycles. The standard InChI is InChI=1S/C26H33ClN4O2/c1-7-10-11-12-22(8-2)30(6)23-15-13-19(4)29-25(23)26(32)31(9-3)20(5)18-33-24-16-14-21(27)17-28-24/h12-17,20H,7-9,18H2,1-6H3/b22-12-. The third-order valence-electron chi connectivity index (χ3n) is 5.19. The van der Waals surface area contributed by atoms with E-state index in [0.29, 0.717) is 29.7 Å². The summed E-state index contributed by atoms with van der Waals surface area (Å²) in [6, 6.07) is 7.11. The average molecular weight is 469 g/mol. The van der Waals surface area contributed by atoms with Crippen molar-refractivity contribution in [2.24, 2.45) is 0 Å². The number of halogens is 1. The van der Waals surface area contributed by atoms with Crippen LogP contribution < -0.4 is 9.64 Å². The molecule has 0 spiro atoms. The van der Waals surface area contributed by atoms with Crippen LogP contribution in [0.1, 0.15) is 56.7 Å². The lowest BCUT2D eigenvalue weighted by Gasteiger charge is -2.30. The van der Waals surface area contributed by atoms with Crippen molar-refractivity contribution in [2.45, 2.75) is 53.5 Å². The van der Waals surface area contributed by atoms with Crippen LogP contribution in [0.3, 0.4) is 0 Å². The van der Waals surface area contributed by atoms with Gasteiger partial charge in [0, 0.05) is 49.7 Å². The van der Waals surface area contributed by atoms with Crippen molar-refractivity contribution >= 4 is 23.2 Å². The number of aromatic nitrogens is 2. The van der Waals surface area contributed by atoms with Crippen LogP contribution in [0.2, 0.25) is 5.02 Å². The zero-order chi connectivity index (χ0) is 24.4. The average Bonchev–Trinajstić information content (AvgIpc) is 2.81. The number of anilines is 1. The molecule has 2 rings (SSSR count). The van der Waals surface area contributed by atoms with Gasteiger partial charge in [-0.1, -0.05) is 37.3 Å². The van der Waals surface area contributed by atoms with Crippen LogP contribution in [0.25, 0.3) is 0 Å². The van der Waals surface area contributed by atoms with E-state index in [1.165, 1.54) is 6.20 Å². The Bertz CT molecular complexity index is 1020. The van der Waals surface area contributed by atoms with Gasteiger partial charge >= 0.3 is 0 Å². The summed E-state index contributed by atoms with van der Waals surface area (Å²) in [4.78, 5) is 26.2. The molecule has 2 heterocycles. The number of hydrogen-bond donors (Lipinski definition) is 0. The number of pyridine rings is 2. The molecule has 2 aromatic heterocycles. The van der Waals surface area contributed by atoms with Gasteiger partial charge in [0.1, 0.15) is 6.61 Å². The second-order valence-electron chi connectivity index (χ2n) is 7.61. The number of likely N-dealkylation sites (N-methyl/N-ethyl adjacent to an activating group) is 1. The maximum absolute atomic E-state index is 13.6. The molecule has 33 heavy (non-hydrogen) atoms. The Balaban J connectivity index is 2.29. The minimum Gasteiger partial charge on any atom is -0.475 e. The van der Waals surface area contributed by atoms with E-state index in [9.17, 15) is 4.79 Å². The second kappa shape index (κ2) is 12.9. The lowest BCUT2D eigenvalue weighted by Crippen LogP contribution is -2.42. The summed E-state index contributed by atoms with van der Waals surface area (Å²) in [6.45, 7) is 10.7. The normalized spacial score (nSPS) is 11.9. The quantitative estimate of drug-likeness (QED) is 0.454. The summed E-state index contributed by atoms with van der Waals surface area (Å²) < 4.78 is 5.78. The van der Waals surface area contributed by atoms with Gasteiger partial charge in [-0.15, -0.1) is 0 Å². The maximum Gasteiger partial charge on any atom is 0.274 e. The number of nitrogens with zero attached hydrogens (tertiary/aromatic N) is 4. The van der Waals surface area contributed by atoms with Crippen molar-refractivity contribution in [3.8, 4) is 17.7 Å². The van der Waals surface area contributed by atoms with Gasteiger partial charge in [-0.05, 0) is 45.4 Å². The first-order valence-electron chi connectivity index (χ1n) is 11.3. The minimum absolute atomic E-state index is 0.140. The van der Waals surface area contributed by atoms with Crippen molar-refractivity contribution in [2.75, 3.05) is 25.1 Å². The Labute approximate surface area is 202 Å². The van der Waals surface area contributed by atoms with Crippen molar-refractivity contribution < 1.29 is 9.53 Å². The Kier molecular flexibility index (Phi) is 10.2. The maximum atomic E-state index is 13.6. The monoisotopic (exact) mass is 468 g/mol. The third kappa shape index (κ3) is 7.23. The summed E-state index contributed by atoms with van der Waals surface area (Å²) in [5.74, 6) is 6.48. The molecule has 176 valence electrons. The largest absolute Gasteiger partial charge is 0.475 e. The molecule has 0 bridgehead atoms. The Hall–Kier alpha value is -3.04. The fourth-order valence-corrected chi connectivity index (χ4v) is 3.45. The molecule has 0 aliphatic heterocycles. The first kappa shape index (κ1) is 26.2. The summed E-state index contributed by atoms with van der Waals surface area (Å²) >= 11 is 5.88. The van der Waals surface area contributed by atoms with Gasteiger partial charge in [0.25, 0.3) is 5.91 Å². The molecule has 0 saturated carbocycles. The summed E-state index contributed by atoms with van der Waals surface area (Å²) in [5.41, 5.74) is 2.97. The van der Waals surface area contributed by atoms with Crippen molar-refractivity contribution in [1.29, 1.82) is 0 Å². The van der Waals surface area contributed by atoms with Crippen LogP contribution in [0, 0.1) is 18.8 Å². The zero-order valence-corrected chi connectivity index (χ0v) is 21.1. The predicted molar refractivity (Wildman–Crippen MR) is 135 cm³/mol. The molecular formula is C26H33ClN4O2. The van der Waals surface area contributed by atoms with Crippen LogP contribution in [-0.4, -0.2) is 47.0 Å². The molecule has 2 aromatic rings. The smallest absolute Gasteiger partial charge is 0.274 e. The summed E-state index contributed by atoms with van der Waals surface area (Å²) in [7, 11) is 1.95. The summed E-state index contributed by atoms with van der Waals surface area (Å²) in [6.07, 6.45) is 5.02. The van der Waals surface area contributed by atoms with E-state index in [-0.39, 0.29) is 11.9 Å². The number of rotatable bonds is 9. The first-order valence-corrected chi connectivity index (χ1v) is 11.6. The van der Waals surface area contributed by atoms with Gasteiger partial charge < -0.3 is 14.5 Å². The van der Waals surface area contributed by atoms with E-state index >= 15 is 0 Å². The molecular weight excluding hydrogens is 436 g/mol. The SMILES string of the molecule is CCC#C/C=C(/CC)N(C)c1ccc(C)nc1C(=O)N(CC)C(C)COc1ccc(Cl)cn1. The lowest BCUT2D eigenvalue weighted by molar-refractivity contribution is 0.0641. The first-order chi connectivity index (χ1) is 15.8. The molecule has 6 nitrogen and oxygen atoms in total. The van der Waals surface area contributed by atoms with Crippen LogP contribution in [0.15, 0.2) is 42.2 Å². The van der Waals surface area contributed by atoms with E-state index in [4.69, 9.17) is 16.3 Å². The lowest BCUT2D eigenvalue weighted by atomic mass is 10.1. The highest BCUT2D eigenvalue weighted by Gasteiger charge is 2.26. The fourth-order valence-electron chi connectivity index (χ4n) is 3.34. The number of ether oxygens (including phenoxy) is 1. The molecule has 1 atom stereocenters. The van der Waals surface area contributed by atoms with E-state index in [2.05, 4.69) is 28.7 Å². The molecule has 0 aliphatic carbocycles. The van der Waals surface area contributed by atoms with Crippen molar-refractivity contribution in [3.05, 3.63) is 58.6 Å². The number of amides is 1. The molecule has 1 amide bonds. The molecule has 0 N–H and O–H groups in total. The number of allylic oxidation sites excluding steroid dienone is 2. The highest BCUT2D eigenvalue weighted by Crippen LogP contribution is 2.25. The van der Waals surface area contributed by atoms with Crippen LogP contribution in [0.5, 0.6) is 5.88 Å². The molecule has 1 unspecified atom stereocenters. The topological polar surface area (TPSA) is 58.6 Å². The molecule has 0 radical (unpaired) electrons. The van der Waals surface area contributed by atoms with Crippen molar-refractivity contribution in [3.63, 3.8) is 0 Å². The van der Waals surface area contributed by atoms with E-state index in [1.54, 1.807) is 17.0 Å². The summed E-state index contributed by atoms with van der Waals surface area (Å²) in [5, 5.41) is 0.545. The molecule has 0 aliphatic rings. The van der Waals surface area contributed by atoms with Gasteiger partial charge in [-0.25, -0.2) is 9.97 Å². The van der Waals surface area contributed by atoms with Gasteiger partial charge in [0.15, 0.2) is 5.69 Å². The zero-order valence-electron chi connectivity index (χ0n) is 20.4. The fraction of sp³-hybridized carbons (Fsp3) is 0.423. The van der Waals surface area contributed by atoms with E-state index < -0.39 is 0 Å². The van der Waals surface area contributed by atoms with E-state index in [0.717, 1.165) is 29.9 Å². The van der Waals surface area contributed by atoms with E-state index in [1.807, 2.05) is 57.9 Å². The number of carbonyl (C=O) groups excluding carboxylic acids is 1. The Morgan fingerprint density at radius 1 is 1.24 bits per heavy atom. The predicted octanol–water partition coefficient (Wildman–Crippen LogP) is 5.51. The van der Waals surface area contributed by atoms with Crippen LogP contribution in [0.4, 0.5) is 5.69 Å². The van der Waals surface area contributed by atoms with Gasteiger partial charge in [0.05, 0.1) is 16.8 Å².